The number of esters is 2. The zero-order valence-corrected chi connectivity index (χ0v) is 13.7. The zero-order valence-electron chi connectivity index (χ0n) is 13.7. The van der Waals surface area contributed by atoms with Crippen molar-refractivity contribution in [3.63, 3.8) is 0 Å². The molecule has 0 aliphatic carbocycles. The molecule has 0 unspecified atom stereocenters. The minimum Gasteiger partial charge on any atom is -0.464 e. The number of methoxy groups -OCH3 is 2. The van der Waals surface area contributed by atoms with Gasteiger partial charge in [0.05, 0.1) is 14.2 Å². The number of ether oxygens (including phenoxy) is 2. The highest BCUT2D eigenvalue weighted by Crippen LogP contribution is 2.08. The topological polar surface area (TPSA) is 88.2 Å². The number of hydrogen-bond acceptors (Lipinski definition) is 6. The molecule has 8 heteroatoms. The summed E-state index contributed by atoms with van der Waals surface area (Å²) in [5.41, 5.74) is 2.37. The van der Waals surface area contributed by atoms with Crippen LogP contribution < -0.4 is 0 Å². The van der Waals surface area contributed by atoms with Gasteiger partial charge in [-0.2, -0.15) is 10.2 Å². The first kappa shape index (κ1) is 16.7. The van der Waals surface area contributed by atoms with Crippen LogP contribution in [0.5, 0.6) is 0 Å². The summed E-state index contributed by atoms with van der Waals surface area (Å²) in [6.45, 7) is 5.04. The van der Waals surface area contributed by atoms with Crippen molar-refractivity contribution in [3.8, 4) is 0 Å². The lowest BCUT2D eigenvalue weighted by atomic mass is 10.3. The van der Waals surface area contributed by atoms with Crippen LogP contribution in [-0.4, -0.2) is 45.7 Å². The van der Waals surface area contributed by atoms with Gasteiger partial charge in [-0.05, 0) is 32.4 Å². The Balaban J connectivity index is 1.98. The fourth-order valence-electron chi connectivity index (χ4n) is 2.25. The van der Waals surface area contributed by atoms with E-state index in [1.54, 1.807) is 21.5 Å². The third-order valence-corrected chi connectivity index (χ3v) is 3.49. The van der Waals surface area contributed by atoms with Crippen molar-refractivity contribution in [1.82, 2.24) is 19.6 Å². The molecule has 23 heavy (non-hydrogen) atoms. The number of rotatable bonds is 6. The van der Waals surface area contributed by atoms with Crippen LogP contribution in [0.2, 0.25) is 0 Å². The summed E-state index contributed by atoms with van der Waals surface area (Å²) in [5, 5.41) is 8.44. The molecule has 0 atom stereocenters. The molecule has 2 heterocycles. The van der Waals surface area contributed by atoms with E-state index in [0.717, 1.165) is 17.8 Å². The monoisotopic (exact) mass is 320 g/mol. The molecule has 0 radical (unpaired) electrons. The van der Waals surface area contributed by atoms with Crippen molar-refractivity contribution in [2.45, 2.75) is 33.4 Å². The van der Waals surface area contributed by atoms with Crippen molar-refractivity contribution < 1.29 is 19.1 Å². The van der Waals surface area contributed by atoms with Gasteiger partial charge < -0.3 is 9.47 Å². The molecule has 8 nitrogen and oxygen atoms in total. The van der Waals surface area contributed by atoms with Crippen LogP contribution in [-0.2, 0) is 22.6 Å². The molecule has 0 amide bonds. The standard InChI is InChI=1S/C15H20N4O4/c1-10-8-12(14(20)22-3)16-18(10)6-5-7-19-11(2)9-13(17-19)15(21)23-4/h8-9H,5-7H2,1-4H3. The van der Waals surface area contributed by atoms with Crippen molar-refractivity contribution >= 4 is 11.9 Å². The van der Waals surface area contributed by atoms with E-state index in [1.807, 2.05) is 13.8 Å². The molecular formula is C15H20N4O4. The van der Waals surface area contributed by atoms with E-state index in [9.17, 15) is 9.59 Å². The molecule has 0 saturated heterocycles. The summed E-state index contributed by atoms with van der Waals surface area (Å²) in [7, 11) is 2.66. The Morgan fingerprint density at radius 3 is 1.65 bits per heavy atom. The third kappa shape index (κ3) is 3.77. The Morgan fingerprint density at radius 1 is 0.913 bits per heavy atom. The Labute approximate surface area is 134 Å². The second-order valence-corrected chi connectivity index (χ2v) is 5.12. The van der Waals surface area contributed by atoms with Crippen LogP contribution in [0.15, 0.2) is 12.1 Å². The molecule has 0 saturated carbocycles. The van der Waals surface area contributed by atoms with E-state index in [0.29, 0.717) is 24.5 Å². The second-order valence-electron chi connectivity index (χ2n) is 5.12. The maximum atomic E-state index is 11.5. The van der Waals surface area contributed by atoms with E-state index < -0.39 is 11.9 Å². The second kappa shape index (κ2) is 7.08. The first-order valence-corrected chi connectivity index (χ1v) is 7.21. The number of hydrogen-bond donors (Lipinski definition) is 0. The van der Waals surface area contributed by atoms with E-state index in [4.69, 9.17) is 0 Å². The molecule has 0 aliphatic heterocycles. The highest BCUT2D eigenvalue weighted by atomic mass is 16.5. The van der Waals surface area contributed by atoms with Crippen LogP contribution in [0.1, 0.15) is 38.8 Å². The predicted octanol–water partition coefficient (Wildman–Crippen LogP) is 1.36. The van der Waals surface area contributed by atoms with Gasteiger partial charge in [0.15, 0.2) is 11.4 Å². The Hall–Kier alpha value is -2.64. The first-order valence-electron chi connectivity index (χ1n) is 7.21. The van der Waals surface area contributed by atoms with Gasteiger partial charge in [-0.3, -0.25) is 9.36 Å². The minimum absolute atomic E-state index is 0.299. The van der Waals surface area contributed by atoms with Gasteiger partial charge in [-0.25, -0.2) is 9.59 Å². The number of carbonyl (C=O) groups is 2. The van der Waals surface area contributed by atoms with Crippen LogP contribution >= 0.6 is 0 Å². The lowest BCUT2D eigenvalue weighted by Gasteiger charge is -2.06. The molecule has 2 rings (SSSR count). The fourth-order valence-corrected chi connectivity index (χ4v) is 2.25. The van der Waals surface area contributed by atoms with Crippen molar-refractivity contribution in [1.29, 1.82) is 0 Å². The average Bonchev–Trinajstić information content (AvgIpc) is 3.09. The first-order chi connectivity index (χ1) is 11.0. The quantitative estimate of drug-likeness (QED) is 0.747. The largest absolute Gasteiger partial charge is 0.464 e. The lowest BCUT2D eigenvalue weighted by molar-refractivity contribution is 0.0584. The number of carbonyl (C=O) groups excluding carboxylic acids is 2. The molecular weight excluding hydrogens is 300 g/mol. The van der Waals surface area contributed by atoms with Crippen LogP contribution in [0, 0.1) is 13.8 Å². The molecule has 0 spiro atoms. The van der Waals surface area contributed by atoms with Crippen LogP contribution in [0.4, 0.5) is 0 Å². The summed E-state index contributed by atoms with van der Waals surface area (Å²) >= 11 is 0. The normalized spacial score (nSPS) is 10.6. The Morgan fingerprint density at radius 2 is 1.30 bits per heavy atom. The maximum absolute atomic E-state index is 11.5. The summed E-state index contributed by atoms with van der Waals surface area (Å²) in [6.07, 6.45) is 0.756. The summed E-state index contributed by atoms with van der Waals surface area (Å²) < 4.78 is 12.8. The number of aromatic nitrogens is 4. The van der Waals surface area contributed by atoms with E-state index in [-0.39, 0.29) is 0 Å². The van der Waals surface area contributed by atoms with Gasteiger partial charge in [0.1, 0.15) is 0 Å². The smallest absolute Gasteiger partial charge is 0.358 e. The minimum atomic E-state index is -0.447. The molecule has 124 valence electrons. The van der Waals surface area contributed by atoms with Gasteiger partial charge in [0.25, 0.3) is 0 Å². The Kier molecular flexibility index (Phi) is 5.15. The van der Waals surface area contributed by atoms with Crippen LogP contribution in [0.25, 0.3) is 0 Å². The Bertz CT molecular complexity index is 657. The summed E-state index contributed by atoms with van der Waals surface area (Å²) in [4.78, 5) is 22.9. The van der Waals surface area contributed by atoms with Crippen molar-refractivity contribution in [2.75, 3.05) is 14.2 Å². The average molecular weight is 320 g/mol. The zero-order chi connectivity index (χ0) is 17.0. The summed E-state index contributed by atoms with van der Waals surface area (Å²) in [6, 6.07) is 3.39. The predicted molar refractivity (Wildman–Crippen MR) is 81.2 cm³/mol. The fraction of sp³-hybridized carbons (Fsp3) is 0.467. The lowest BCUT2D eigenvalue weighted by Crippen LogP contribution is -2.10. The molecule has 0 N–H and O–H groups in total. The molecule has 0 aliphatic rings. The van der Waals surface area contributed by atoms with Crippen LogP contribution in [0.3, 0.4) is 0 Å². The van der Waals surface area contributed by atoms with E-state index in [1.165, 1.54) is 14.2 Å². The molecule has 2 aromatic rings. The van der Waals surface area contributed by atoms with Gasteiger partial charge in [-0.15, -0.1) is 0 Å². The molecule has 0 fully saturated rings. The molecule has 0 aromatic carbocycles. The van der Waals surface area contributed by atoms with Crippen molar-refractivity contribution in [2.24, 2.45) is 0 Å². The van der Waals surface area contributed by atoms with E-state index in [2.05, 4.69) is 19.7 Å². The van der Waals surface area contributed by atoms with Gasteiger partial charge in [-0.1, -0.05) is 0 Å². The summed E-state index contributed by atoms with van der Waals surface area (Å²) in [5.74, 6) is -0.894. The van der Waals surface area contributed by atoms with Crippen molar-refractivity contribution in [3.05, 3.63) is 34.9 Å². The molecule has 2 aromatic heterocycles. The highest BCUT2D eigenvalue weighted by molar-refractivity contribution is 5.87. The number of aryl methyl sites for hydroxylation is 4. The SMILES string of the molecule is COC(=O)c1cc(C)n(CCCn2nc(C(=O)OC)cc2C)n1. The van der Waals surface area contributed by atoms with Gasteiger partial charge in [0, 0.05) is 24.5 Å². The molecule has 0 bridgehead atoms. The van der Waals surface area contributed by atoms with E-state index >= 15 is 0 Å². The third-order valence-electron chi connectivity index (χ3n) is 3.49. The highest BCUT2D eigenvalue weighted by Gasteiger charge is 2.14. The van der Waals surface area contributed by atoms with Gasteiger partial charge >= 0.3 is 11.9 Å². The number of nitrogens with zero attached hydrogens (tertiary/aromatic N) is 4. The maximum Gasteiger partial charge on any atom is 0.358 e. The van der Waals surface area contributed by atoms with Gasteiger partial charge in [0.2, 0.25) is 0 Å².